The lowest BCUT2D eigenvalue weighted by Gasteiger charge is -2.25. The minimum absolute atomic E-state index is 0.414. The Morgan fingerprint density at radius 2 is 1.16 bits per heavy atom. The number of anilines is 1. The molecule has 0 spiro atoms. The minimum atomic E-state index is 0.414. The number of benzene rings is 3. The molecule has 0 heterocycles. The van der Waals surface area contributed by atoms with Crippen LogP contribution in [0.15, 0.2) is 78.9 Å². The lowest BCUT2D eigenvalue weighted by Crippen LogP contribution is -2.24. The van der Waals surface area contributed by atoms with E-state index < -0.39 is 0 Å². The number of para-hydroxylation sites is 1. The molecule has 0 fully saturated rings. The van der Waals surface area contributed by atoms with Crippen molar-refractivity contribution >= 4 is 5.69 Å². The zero-order chi connectivity index (χ0) is 17.6. The van der Waals surface area contributed by atoms with Crippen molar-refractivity contribution < 1.29 is 0 Å². The molecule has 1 N–H and O–H groups in total. The van der Waals surface area contributed by atoms with Gasteiger partial charge in [0.1, 0.15) is 0 Å². The van der Waals surface area contributed by atoms with Crippen molar-refractivity contribution in [2.45, 2.75) is 33.2 Å². The van der Waals surface area contributed by atoms with Crippen LogP contribution in [-0.4, -0.2) is 6.04 Å². The number of rotatable bonds is 6. The molecule has 3 aromatic carbocycles. The molecule has 0 aliphatic carbocycles. The lowest BCUT2D eigenvalue weighted by atomic mass is 9.94. The van der Waals surface area contributed by atoms with Crippen molar-refractivity contribution in [1.82, 2.24) is 0 Å². The summed E-state index contributed by atoms with van der Waals surface area (Å²) in [5.41, 5.74) is 6.25. The predicted octanol–water partition coefficient (Wildman–Crippen LogP) is 6.87. The Balaban J connectivity index is 2.12. The molecule has 1 heteroatoms. The van der Waals surface area contributed by atoms with Crippen molar-refractivity contribution in [2.24, 2.45) is 5.92 Å². The molecular weight excluding hydrogens is 302 g/mol. The van der Waals surface area contributed by atoms with Crippen LogP contribution >= 0.6 is 0 Å². The van der Waals surface area contributed by atoms with Crippen LogP contribution < -0.4 is 5.32 Å². The monoisotopic (exact) mass is 329 g/mol. The van der Waals surface area contributed by atoms with E-state index in [-0.39, 0.29) is 0 Å². The zero-order valence-electron chi connectivity index (χ0n) is 15.4. The standard InChI is InChI=1S/C24H27N/c1-4-18(2)19(3)25-24-22(20-12-7-5-8-13-20)16-11-17-23(24)21-14-9-6-10-15-21/h5-19,25H,4H2,1-3H3. The van der Waals surface area contributed by atoms with E-state index in [9.17, 15) is 0 Å². The molecule has 3 rings (SSSR count). The van der Waals surface area contributed by atoms with Crippen LogP contribution in [-0.2, 0) is 0 Å². The Kier molecular flexibility index (Phi) is 5.55. The van der Waals surface area contributed by atoms with Crippen LogP contribution in [0.1, 0.15) is 27.2 Å². The van der Waals surface area contributed by atoms with Gasteiger partial charge < -0.3 is 5.32 Å². The molecule has 25 heavy (non-hydrogen) atoms. The van der Waals surface area contributed by atoms with Crippen molar-refractivity contribution in [3.8, 4) is 22.3 Å². The molecule has 0 bridgehead atoms. The normalized spacial score (nSPS) is 13.2. The highest BCUT2D eigenvalue weighted by molar-refractivity contribution is 5.90. The average Bonchev–Trinajstić information content (AvgIpc) is 2.68. The molecule has 0 aliphatic rings. The number of hydrogen-bond donors (Lipinski definition) is 1. The second-order valence-electron chi connectivity index (χ2n) is 6.78. The topological polar surface area (TPSA) is 12.0 Å². The van der Waals surface area contributed by atoms with Gasteiger partial charge in [0.05, 0.1) is 5.69 Å². The molecule has 1 nitrogen and oxygen atoms in total. The summed E-state index contributed by atoms with van der Waals surface area (Å²) in [5, 5.41) is 3.83. The summed E-state index contributed by atoms with van der Waals surface area (Å²) >= 11 is 0. The first-order valence-corrected chi connectivity index (χ1v) is 9.21. The summed E-state index contributed by atoms with van der Waals surface area (Å²) in [6.45, 7) is 6.85. The quantitative estimate of drug-likeness (QED) is 0.520. The van der Waals surface area contributed by atoms with Crippen LogP contribution in [0.3, 0.4) is 0 Å². The van der Waals surface area contributed by atoms with Crippen molar-refractivity contribution in [3.05, 3.63) is 78.9 Å². The van der Waals surface area contributed by atoms with Crippen LogP contribution in [0, 0.1) is 5.92 Å². The van der Waals surface area contributed by atoms with Gasteiger partial charge in [-0.15, -0.1) is 0 Å². The van der Waals surface area contributed by atoms with E-state index in [1.54, 1.807) is 0 Å². The molecular formula is C24H27N. The van der Waals surface area contributed by atoms with E-state index in [0.29, 0.717) is 12.0 Å². The minimum Gasteiger partial charge on any atom is -0.381 e. The molecule has 0 saturated carbocycles. The first kappa shape index (κ1) is 17.3. The smallest absolute Gasteiger partial charge is 0.0501 e. The molecule has 2 atom stereocenters. The van der Waals surface area contributed by atoms with Gasteiger partial charge in [-0.25, -0.2) is 0 Å². The number of hydrogen-bond acceptors (Lipinski definition) is 1. The van der Waals surface area contributed by atoms with Crippen LogP contribution in [0.5, 0.6) is 0 Å². The average molecular weight is 329 g/mol. The third-order valence-electron chi connectivity index (χ3n) is 5.10. The van der Waals surface area contributed by atoms with Gasteiger partial charge in [0.2, 0.25) is 0 Å². The third-order valence-corrected chi connectivity index (χ3v) is 5.10. The highest BCUT2D eigenvalue weighted by Gasteiger charge is 2.16. The molecule has 2 unspecified atom stereocenters. The van der Waals surface area contributed by atoms with Gasteiger partial charge in [-0.2, -0.15) is 0 Å². The molecule has 0 aliphatic heterocycles. The van der Waals surface area contributed by atoms with Gasteiger partial charge in [0, 0.05) is 17.2 Å². The Bertz CT molecular complexity index is 735. The highest BCUT2D eigenvalue weighted by Crippen LogP contribution is 2.37. The summed E-state index contributed by atoms with van der Waals surface area (Å²) in [7, 11) is 0. The maximum atomic E-state index is 3.83. The molecule has 0 amide bonds. The first-order chi connectivity index (χ1) is 12.2. The fraction of sp³-hybridized carbons (Fsp3) is 0.250. The maximum absolute atomic E-state index is 3.83. The fourth-order valence-corrected chi connectivity index (χ4v) is 3.15. The second-order valence-corrected chi connectivity index (χ2v) is 6.78. The summed E-state index contributed by atoms with van der Waals surface area (Å²) in [4.78, 5) is 0. The summed E-state index contributed by atoms with van der Waals surface area (Å²) in [6, 6.07) is 28.3. The van der Waals surface area contributed by atoms with E-state index >= 15 is 0 Å². The Labute approximate surface area is 151 Å². The molecule has 128 valence electrons. The Morgan fingerprint density at radius 1 is 0.680 bits per heavy atom. The summed E-state index contributed by atoms with van der Waals surface area (Å²) < 4.78 is 0. The predicted molar refractivity (Wildman–Crippen MR) is 110 cm³/mol. The Hall–Kier alpha value is -2.54. The third kappa shape index (κ3) is 3.93. The number of nitrogens with one attached hydrogen (secondary N) is 1. The van der Waals surface area contributed by atoms with E-state index in [2.05, 4.69) is 105 Å². The largest absolute Gasteiger partial charge is 0.381 e. The maximum Gasteiger partial charge on any atom is 0.0501 e. The van der Waals surface area contributed by atoms with E-state index in [1.165, 1.54) is 34.4 Å². The van der Waals surface area contributed by atoms with Crippen LogP contribution in [0.4, 0.5) is 5.69 Å². The van der Waals surface area contributed by atoms with Gasteiger partial charge in [-0.3, -0.25) is 0 Å². The van der Waals surface area contributed by atoms with Crippen molar-refractivity contribution in [2.75, 3.05) is 5.32 Å². The van der Waals surface area contributed by atoms with Gasteiger partial charge in [0.25, 0.3) is 0 Å². The summed E-state index contributed by atoms with van der Waals surface area (Å²) in [5.74, 6) is 0.618. The van der Waals surface area contributed by atoms with E-state index in [0.717, 1.165) is 0 Å². The van der Waals surface area contributed by atoms with Gasteiger partial charge in [-0.05, 0) is 24.0 Å². The molecule has 0 aromatic heterocycles. The van der Waals surface area contributed by atoms with E-state index in [1.807, 2.05) is 0 Å². The molecule has 0 saturated heterocycles. The SMILES string of the molecule is CCC(C)C(C)Nc1c(-c2ccccc2)cccc1-c1ccccc1. The van der Waals surface area contributed by atoms with Gasteiger partial charge in [0.15, 0.2) is 0 Å². The van der Waals surface area contributed by atoms with E-state index in [4.69, 9.17) is 0 Å². The Morgan fingerprint density at radius 3 is 1.60 bits per heavy atom. The summed E-state index contributed by atoms with van der Waals surface area (Å²) in [6.07, 6.45) is 1.17. The molecule has 0 radical (unpaired) electrons. The van der Waals surface area contributed by atoms with Gasteiger partial charge >= 0.3 is 0 Å². The molecule has 3 aromatic rings. The second kappa shape index (κ2) is 8.02. The van der Waals surface area contributed by atoms with Gasteiger partial charge in [-0.1, -0.05) is 99.1 Å². The van der Waals surface area contributed by atoms with Crippen LogP contribution in [0.2, 0.25) is 0 Å². The van der Waals surface area contributed by atoms with Crippen LogP contribution in [0.25, 0.3) is 22.3 Å². The fourth-order valence-electron chi connectivity index (χ4n) is 3.15. The first-order valence-electron chi connectivity index (χ1n) is 9.21. The lowest BCUT2D eigenvalue weighted by molar-refractivity contribution is 0.495. The zero-order valence-corrected chi connectivity index (χ0v) is 15.4. The highest BCUT2D eigenvalue weighted by atomic mass is 14.9. The van der Waals surface area contributed by atoms with Crippen molar-refractivity contribution in [3.63, 3.8) is 0 Å². The van der Waals surface area contributed by atoms with Crippen molar-refractivity contribution in [1.29, 1.82) is 0 Å².